The second-order valence-corrected chi connectivity index (χ2v) is 9.27. The van der Waals surface area contributed by atoms with Crippen LogP contribution in [-0.2, 0) is 0 Å². The first-order valence-corrected chi connectivity index (χ1v) is 12.4. The minimum atomic E-state index is -2.61. The molecule has 0 fully saturated rings. The molecular formula is C27H26F2N10O. The van der Waals surface area contributed by atoms with Crippen molar-refractivity contribution >= 4 is 17.5 Å². The number of rotatable bonds is 8. The number of aromatic nitrogens is 8. The number of nitrogens with one attached hydrogen (secondary N) is 3. The van der Waals surface area contributed by atoms with Crippen LogP contribution < -0.4 is 10.6 Å². The number of carbonyl (C=O) groups is 1. The Morgan fingerprint density at radius 3 is 2.45 bits per heavy atom. The number of carbonyl (C=O) groups excluding carboxylic acids is 1. The molecular weight excluding hydrogens is 518 g/mol. The zero-order chi connectivity index (χ0) is 28.4. The zero-order valence-corrected chi connectivity index (χ0v) is 22.1. The number of nitrogens with zero attached hydrogens (tertiary/aromatic N) is 7. The number of H-pyrrole nitrogens is 1. The molecule has 1 amide bonds. The molecule has 1 atom stereocenters. The van der Waals surface area contributed by atoms with Crippen molar-refractivity contribution in [1.29, 1.82) is 0 Å². The van der Waals surface area contributed by atoms with Gasteiger partial charge in [-0.3, -0.25) is 14.9 Å². The van der Waals surface area contributed by atoms with Gasteiger partial charge in [-0.25, -0.2) is 28.4 Å². The van der Waals surface area contributed by atoms with Gasteiger partial charge in [-0.15, -0.1) is 0 Å². The number of hydrogen-bond donors (Lipinski definition) is 3. The summed E-state index contributed by atoms with van der Waals surface area (Å²) in [6, 6.07) is 10.0. The quantitative estimate of drug-likeness (QED) is 0.250. The molecule has 3 N–H and O–H groups in total. The van der Waals surface area contributed by atoms with Crippen molar-refractivity contribution in [3.8, 4) is 17.2 Å². The Balaban J connectivity index is 1.25. The predicted octanol–water partition coefficient (Wildman–Crippen LogP) is 4.94. The molecule has 0 aromatic carbocycles. The first kappa shape index (κ1) is 26.5. The largest absolute Gasteiger partial charge is 0.344 e. The first-order valence-electron chi connectivity index (χ1n) is 12.4. The number of hydrogen-bond acceptors (Lipinski definition) is 8. The number of halogens is 2. The standard InChI is InChI=1S/C27H26F2N10O/c1-14-9-22(34-23-10-15(2)36-37-23)35-26(32-14)19-5-7-21(30-12-19)27(40)33-16(3)18-6-8-24(31-11-18)39-13-20(25(28)29)17(4)38-39/h5-13,16,25H,1-4H3,(H,33,40)(H2,32,34,35,36,37)/t16-/m0/s1. The minimum absolute atomic E-state index is 0.139. The van der Waals surface area contributed by atoms with E-state index in [0.29, 0.717) is 28.8 Å². The number of alkyl halides is 2. The summed E-state index contributed by atoms with van der Waals surface area (Å²) in [5.74, 6) is 1.71. The lowest BCUT2D eigenvalue weighted by atomic mass is 10.1. The van der Waals surface area contributed by atoms with Gasteiger partial charge in [0.05, 0.1) is 17.3 Å². The van der Waals surface area contributed by atoms with Gasteiger partial charge in [0.15, 0.2) is 17.5 Å². The summed E-state index contributed by atoms with van der Waals surface area (Å²) < 4.78 is 27.5. The Morgan fingerprint density at radius 2 is 1.82 bits per heavy atom. The van der Waals surface area contributed by atoms with Crippen LogP contribution in [0.2, 0.25) is 0 Å². The molecule has 0 spiro atoms. The number of aromatic amines is 1. The van der Waals surface area contributed by atoms with Gasteiger partial charge < -0.3 is 10.6 Å². The molecule has 0 aliphatic rings. The maximum atomic E-state index is 13.1. The highest BCUT2D eigenvalue weighted by Gasteiger charge is 2.17. The molecule has 5 rings (SSSR count). The van der Waals surface area contributed by atoms with Crippen LogP contribution in [0.3, 0.4) is 0 Å². The molecule has 40 heavy (non-hydrogen) atoms. The van der Waals surface area contributed by atoms with E-state index in [2.05, 4.69) is 45.9 Å². The molecule has 204 valence electrons. The van der Waals surface area contributed by atoms with Gasteiger partial charge in [-0.1, -0.05) is 6.07 Å². The summed E-state index contributed by atoms with van der Waals surface area (Å²) in [5, 5.41) is 17.2. The average Bonchev–Trinajstić information content (AvgIpc) is 3.53. The van der Waals surface area contributed by atoms with Crippen LogP contribution in [0.25, 0.3) is 17.2 Å². The van der Waals surface area contributed by atoms with Crippen molar-refractivity contribution in [1.82, 2.24) is 45.2 Å². The van der Waals surface area contributed by atoms with E-state index >= 15 is 0 Å². The van der Waals surface area contributed by atoms with E-state index in [0.717, 1.165) is 17.0 Å². The number of pyridine rings is 2. The molecule has 5 aromatic heterocycles. The van der Waals surface area contributed by atoms with Gasteiger partial charge in [-0.2, -0.15) is 10.2 Å². The van der Waals surface area contributed by atoms with Crippen molar-refractivity contribution in [3.05, 3.63) is 88.9 Å². The third kappa shape index (κ3) is 5.82. The van der Waals surface area contributed by atoms with Crippen LogP contribution in [0.15, 0.2) is 55.0 Å². The third-order valence-corrected chi connectivity index (χ3v) is 6.10. The molecule has 11 nitrogen and oxygen atoms in total. The summed E-state index contributed by atoms with van der Waals surface area (Å²) in [6.45, 7) is 7.10. The molecule has 5 heterocycles. The van der Waals surface area contributed by atoms with Crippen molar-refractivity contribution in [2.24, 2.45) is 0 Å². The molecule has 0 unspecified atom stereocenters. The second kappa shape index (κ2) is 11.0. The van der Waals surface area contributed by atoms with E-state index < -0.39 is 6.43 Å². The topological polar surface area (TPSA) is 139 Å². The Hall–Kier alpha value is -5.07. The van der Waals surface area contributed by atoms with Crippen LogP contribution in [0.4, 0.5) is 20.4 Å². The highest BCUT2D eigenvalue weighted by molar-refractivity contribution is 5.92. The van der Waals surface area contributed by atoms with Gasteiger partial charge in [-0.05, 0) is 51.5 Å². The summed E-state index contributed by atoms with van der Waals surface area (Å²) >= 11 is 0. The lowest BCUT2D eigenvalue weighted by molar-refractivity contribution is 0.0934. The maximum Gasteiger partial charge on any atom is 0.270 e. The molecule has 0 saturated heterocycles. The highest BCUT2D eigenvalue weighted by Crippen LogP contribution is 2.23. The number of aryl methyl sites for hydroxylation is 3. The summed E-state index contributed by atoms with van der Waals surface area (Å²) in [5.41, 5.74) is 3.39. The lowest BCUT2D eigenvalue weighted by Crippen LogP contribution is -2.27. The van der Waals surface area contributed by atoms with Crippen LogP contribution in [0, 0.1) is 20.8 Å². The molecule has 0 aliphatic heterocycles. The fourth-order valence-corrected chi connectivity index (χ4v) is 3.98. The minimum Gasteiger partial charge on any atom is -0.344 e. The Labute approximate surface area is 228 Å². The lowest BCUT2D eigenvalue weighted by Gasteiger charge is -2.14. The Kier molecular flexibility index (Phi) is 7.27. The third-order valence-electron chi connectivity index (χ3n) is 6.10. The molecule has 0 aliphatic carbocycles. The summed E-state index contributed by atoms with van der Waals surface area (Å²) in [4.78, 5) is 30.5. The van der Waals surface area contributed by atoms with Gasteiger partial charge in [0, 0.05) is 47.7 Å². The van der Waals surface area contributed by atoms with Crippen molar-refractivity contribution in [2.75, 3.05) is 5.32 Å². The normalized spacial score (nSPS) is 12.0. The molecule has 0 bridgehead atoms. The van der Waals surface area contributed by atoms with E-state index in [1.165, 1.54) is 17.8 Å². The second-order valence-electron chi connectivity index (χ2n) is 9.27. The smallest absolute Gasteiger partial charge is 0.270 e. The van der Waals surface area contributed by atoms with Crippen molar-refractivity contribution in [3.63, 3.8) is 0 Å². The molecule has 5 aromatic rings. The van der Waals surface area contributed by atoms with Gasteiger partial charge in [0.1, 0.15) is 11.5 Å². The highest BCUT2D eigenvalue weighted by atomic mass is 19.3. The Bertz CT molecular complexity index is 1650. The predicted molar refractivity (Wildman–Crippen MR) is 144 cm³/mol. The summed E-state index contributed by atoms with van der Waals surface area (Å²) in [6.07, 6.45) is 1.77. The van der Waals surface area contributed by atoms with Crippen LogP contribution in [0.5, 0.6) is 0 Å². The van der Waals surface area contributed by atoms with E-state index in [1.54, 1.807) is 36.7 Å². The monoisotopic (exact) mass is 544 g/mol. The zero-order valence-electron chi connectivity index (χ0n) is 22.1. The fourth-order valence-electron chi connectivity index (χ4n) is 3.98. The molecule has 13 heteroatoms. The fraction of sp³-hybridized carbons (Fsp3) is 0.222. The van der Waals surface area contributed by atoms with Gasteiger partial charge in [0.25, 0.3) is 12.3 Å². The average molecular weight is 545 g/mol. The van der Waals surface area contributed by atoms with Gasteiger partial charge >= 0.3 is 0 Å². The Morgan fingerprint density at radius 1 is 1.00 bits per heavy atom. The van der Waals surface area contributed by atoms with E-state index in [9.17, 15) is 13.6 Å². The van der Waals surface area contributed by atoms with Crippen LogP contribution >= 0.6 is 0 Å². The van der Waals surface area contributed by atoms with Crippen LogP contribution in [-0.4, -0.2) is 45.8 Å². The van der Waals surface area contributed by atoms with Crippen LogP contribution in [0.1, 0.15) is 58.1 Å². The molecule has 0 saturated carbocycles. The molecule has 0 radical (unpaired) electrons. The first-order chi connectivity index (χ1) is 19.2. The number of anilines is 2. The summed E-state index contributed by atoms with van der Waals surface area (Å²) in [7, 11) is 0. The van der Waals surface area contributed by atoms with E-state index in [-0.39, 0.29) is 28.9 Å². The van der Waals surface area contributed by atoms with E-state index in [1.807, 2.05) is 32.9 Å². The number of amides is 1. The van der Waals surface area contributed by atoms with Gasteiger partial charge in [0.2, 0.25) is 0 Å². The SMILES string of the molecule is Cc1cc(Nc2cc(C)[nH]n2)nc(-c2ccc(C(=O)N[C@@H](C)c3ccc(-n4cc(C(F)F)c(C)n4)nc3)nc2)n1. The van der Waals surface area contributed by atoms with E-state index in [4.69, 9.17) is 0 Å². The van der Waals surface area contributed by atoms with Crippen molar-refractivity contribution in [2.45, 2.75) is 40.2 Å². The maximum absolute atomic E-state index is 13.1. The van der Waals surface area contributed by atoms with Crippen molar-refractivity contribution < 1.29 is 13.6 Å².